The van der Waals surface area contributed by atoms with E-state index < -0.39 is 0 Å². The molecular weight excluding hydrogens is 292 g/mol. The molecule has 23 heavy (non-hydrogen) atoms. The number of rotatable bonds is 5. The average Bonchev–Trinajstić information content (AvgIpc) is 2.99. The van der Waals surface area contributed by atoms with Gasteiger partial charge in [0.05, 0.1) is 0 Å². The Morgan fingerprint density at radius 1 is 1.09 bits per heavy atom. The monoisotopic (exact) mass is 314 g/mol. The summed E-state index contributed by atoms with van der Waals surface area (Å²) in [5, 5.41) is 0. The van der Waals surface area contributed by atoms with Gasteiger partial charge in [-0.2, -0.15) is 0 Å². The molecule has 3 rings (SSSR count). The number of H-pyrrole nitrogens is 1. The molecule has 0 amide bonds. The molecule has 2 heterocycles. The molecular formula is C17H22N4O2. The standard InChI is InChI=1S/C17H22N4O2/c1-14(22)15-2-4-16(5-3-15)20-11-8-19(9-12-20)10-13-21-7-6-18-17(21)23/h2-7H,8-13H2,1H3,(H,18,23). The number of aromatic amines is 1. The van der Waals surface area contributed by atoms with Gasteiger partial charge in [-0.1, -0.05) is 0 Å². The van der Waals surface area contributed by atoms with Crippen LogP contribution in [-0.2, 0) is 6.54 Å². The zero-order valence-corrected chi connectivity index (χ0v) is 13.4. The minimum Gasteiger partial charge on any atom is -0.369 e. The van der Waals surface area contributed by atoms with Crippen molar-refractivity contribution in [3.8, 4) is 0 Å². The molecule has 0 bridgehead atoms. The summed E-state index contributed by atoms with van der Waals surface area (Å²) in [5.74, 6) is 0.0985. The lowest BCUT2D eigenvalue weighted by atomic mass is 10.1. The van der Waals surface area contributed by atoms with Crippen molar-refractivity contribution in [3.05, 3.63) is 52.7 Å². The van der Waals surface area contributed by atoms with Crippen LogP contribution in [0.4, 0.5) is 5.69 Å². The predicted octanol–water partition coefficient (Wildman–Crippen LogP) is 1.20. The SMILES string of the molecule is CC(=O)c1ccc(N2CCN(CCn3cc[nH]c3=O)CC2)cc1. The average molecular weight is 314 g/mol. The van der Waals surface area contributed by atoms with Crippen LogP contribution in [0.1, 0.15) is 17.3 Å². The number of carbonyl (C=O) groups excluding carboxylic acids is 1. The lowest BCUT2D eigenvalue weighted by Gasteiger charge is -2.36. The van der Waals surface area contributed by atoms with Crippen LogP contribution in [0.2, 0.25) is 0 Å². The lowest BCUT2D eigenvalue weighted by Crippen LogP contribution is -2.47. The maximum absolute atomic E-state index is 11.5. The molecule has 1 aromatic carbocycles. The molecule has 1 aromatic heterocycles. The fraction of sp³-hybridized carbons (Fsp3) is 0.412. The van der Waals surface area contributed by atoms with Crippen molar-refractivity contribution in [2.24, 2.45) is 0 Å². The first-order valence-electron chi connectivity index (χ1n) is 7.95. The summed E-state index contributed by atoms with van der Waals surface area (Å²) in [4.78, 5) is 30.1. The molecule has 0 spiro atoms. The topological polar surface area (TPSA) is 61.3 Å². The first kappa shape index (κ1) is 15.6. The van der Waals surface area contributed by atoms with E-state index in [1.165, 1.54) is 0 Å². The number of aromatic nitrogens is 2. The molecule has 0 saturated carbocycles. The number of Topliss-reactive ketones (excluding diaryl/α,β-unsaturated/α-hetero) is 1. The summed E-state index contributed by atoms with van der Waals surface area (Å²) in [6.07, 6.45) is 3.46. The van der Waals surface area contributed by atoms with Gasteiger partial charge in [0.1, 0.15) is 0 Å². The smallest absolute Gasteiger partial charge is 0.325 e. The summed E-state index contributed by atoms with van der Waals surface area (Å²) in [6, 6.07) is 7.82. The maximum atomic E-state index is 11.5. The van der Waals surface area contributed by atoms with E-state index >= 15 is 0 Å². The molecule has 0 radical (unpaired) electrons. The Bertz CT molecular complexity index is 709. The molecule has 1 saturated heterocycles. The van der Waals surface area contributed by atoms with Gasteiger partial charge >= 0.3 is 5.69 Å². The van der Waals surface area contributed by atoms with Gasteiger partial charge in [0, 0.05) is 62.9 Å². The Labute approximate surface area is 135 Å². The first-order chi connectivity index (χ1) is 11.1. The largest absolute Gasteiger partial charge is 0.369 e. The van der Waals surface area contributed by atoms with Crippen molar-refractivity contribution in [1.82, 2.24) is 14.5 Å². The summed E-state index contributed by atoms with van der Waals surface area (Å²) in [6.45, 7) is 7.07. The number of nitrogens with one attached hydrogen (secondary N) is 1. The maximum Gasteiger partial charge on any atom is 0.325 e. The quantitative estimate of drug-likeness (QED) is 0.843. The number of ketones is 1. The van der Waals surface area contributed by atoms with Crippen LogP contribution in [0.15, 0.2) is 41.5 Å². The third-order valence-corrected chi connectivity index (χ3v) is 4.39. The van der Waals surface area contributed by atoms with Gasteiger partial charge in [-0.3, -0.25) is 14.3 Å². The molecule has 122 valence electrons. The molecule has 0 aliphatic carbocycles. The number of nitrogens with zero attached hydrogens (tertiary/aromatic N) is 3. The second-order valence-corrected chi connectivity index (χ2v) is 5.89. The Hall–Kier alpha value is -2.34. The first-order valence-corrected chi connectivity index (χ1v) is 7.95. The number of anilines is 1. The second-order valence-electron chi connectivity index (χ2n) is 5.89. The van der Waals surface area contributed by atoms with Crippen LogP contribution in [0.5, 0.6) is 0 Å². The molecule has 2 aromatic rings. The molecule has 1 N–H and O–H groups in total. The van der Waals surface area contributed by atoms with E-state index in [1.54, 1.807) is 23.9 Å². The van der Waals surface area contributed by atoms with Crippen LogP contribution in [-0.4, -0.2) is 53.0 Å². The third kappa shape index (κ3) is 3.71. The second kappa shape index (κ2) is 6.83. The molecule has 1 aliphatic rings. The zero-order valence-electron chi connectivity index (χ0n) is 13.4. The Balaban J connectivity index is 1.51. The van der Waals surface area contributed by atoms with Crippen LogP contribution < -0.4 is 10.6 Å². The van der Waals surface area contributed by atoms with Gasteiger partial charge in [-0.15, -0.1) is 0 Å². The van der Waals surface area contributed by atoms with Crippen LogP contribution >= 0.6 is 0 Å². The molecule has 0 atom stereocenters. The highest BCUT2D eigenvalue weighted by molar-refractivity contribution is 5.94. The molecule has 1 aliphatic heterocycles. The molecule has 1 fully saturated rings. The van der Waals surface area contributed by atoms with Crippen molar-refractivity contribution < 1.29 is 4.79 Å². The Morgan fingerprint density at radius 3 is 2.35 bits per heavy atom. The van der Waals surface area contributed by atoms with Gasteiger partial charge < -0.3 is 9.88 Å². The van der Waals surface area contributed by atoms with Crippen LogP contribution in [0, 0.1) is 0 Å². The minimum atomic E-state index is -0.0470. The summed E-state index contributed by atoms with van der Waals surface area (Å²) in [5.41, 5.74) is 1.87. The van der Waals surface area contributed by atoms with Crippen molar-refractivity contribution in [2.75, 3.05) is 37.6 Å². The van der Waals surface area contributed by atoms with E-state index in [0.29, 0.717) is 0 Å². The van der Waals surface area contributed by atoms with Crippen LogP contribution in [0.3, 0.4) is 0 Å². The summed E-state index contributed by atoms with van der Waals surface area (Å²) >= 11 is 0. The van der Waals surface area contributed by atoms with Crippen LogP contribution in [0.25, 0.3) is 0 Å². The van der Waals surface area contributed by atoms with Gasteiger partial charge in [-0.05, 0) is 31.2 Å². The van der Waals surface area contributed by atoms with Gasteiger partial charge in [0.15, 0.2) is 5.78 Å². The number of hydrogen-bond acceptors (Lipinski definition) is 4. The normalized spacial score (nSPS) is 15.8. The number of carbonyl (C=O) groups is 1. The van der Waals surface area contributed by atoms with E-state index in [4.69, 9.17) is 0 Å². The van der Waals surface area contributed by atoms with Crippen molar-refractivity contribution in [2.45, 2.75) is 13.5 Å². The highest BCUT2D eigenvalue weighted by Crippen LogP contribution is 2.17. The van der Waals surface area contributed by atoms with E-state index in [9.17, 15) is 9.59 Å². The van der Waals surface area contributed by atoms with Crippen molar-refractivity contribution in [1.29, 1.82) is 0 Å². The Kier molecular flexibility index (Phi) is 4.62. The highest BCUT2D eigenvalue weighted by Gasteiger charge is 2.17. The van der Waals surface area contributed by atoms with Crippen molar-refractivity contribution in [3.63, 3.8) is 0 Å². The van der Waals surface area contributed by atoms with E-state index in [-0.39, 0.29) is 11.5 Å². The summed E-state index contributed by atoms with van der Waals surface area (Å²) < 4.78 is 1.70. The Morgan fingerprint density at radius 2 is 1.78 bits per heavy atom. The van der Waals surface area contributed by atoms with E-state index in [2.05, 4.69) is 14.8 Å². The minimum absolute atomic E-state index is 0.0470. The van der Waals surface area contributed by atoms with Gasteiger partial charge in [-0.25, -0.2) is 4.79 Å². The van der Waals surface area contributed by atoms with E-state index in [1.807, 2.05) is 24.3 Å². The lowest BCUT2D eigenvalue weighted by molar-refractivity contribution is 0.101. The number of benzene rings is 1. The molecule has 0 unspecified atom stereocenters. The predicted molar refractivity (Wildman–Crippen MR) is 90.2 cm³/mol. The van der Waals surface area contributed by atoms with Crippen molar-refractivity contribution >= 4 is 11.5 Å². The molecule has 6 nitrogen and oxygen atoms in total. The molecule has 6 heteroatoms. The van der Waals surface area contributed by atoms with E-state index in [0.717, 1.165) is 50.5 Å². The fourth-order valence-electron chi connectivity index (χ4n) is 2.91. The number of imidazole rings is 1. The van der Waals surface area contributed by atoms with Gasteiger partial charge in [0.25, 0.3) is 0 Å². The number of piperazine rings is 1. The van der Waals surface area contributed by atoms with Gasteiger partial charge in [0.2, 0.25) is 0 Å². The number of hydrogen-bond donors (Lipinski definition) is 1. The fourth-order valence-corrected chi connectivity index (χ4v) is 2.91. The zero-order chi connectivity index (χ0) is 16.2. The third-order valence-electron chi connectivity index (χ3n) is 4.39. The summed E-state index contributed by atoms with van der Waals surface area (Å²) in [7, 11) is 0. The highest BCUT2D eigenvalue weighted by atomic mass is 16.1.